The number of carbonyl (C=O) groups excluding carboxylic acids is 3. The van der Waals surface area contributed by atoms with Crippen molar-refractivity contribution in [2.45, 2.75) is 124 Å². The predicted molar refractivity (Wildman–Crippen MR) is 131 cm³/mol. The third kappa shape index (κ3) is 3.70. The zero-order chi connectivity index (χ0) is 24.5. The van der Waals surface area contributed by atoms with Crippen molar-refractivity contribution in [2.24, 2.45) is 44.3 Å². The molecule has 6 heteroatoms. The van der Waals surface area contributed by atoms with E-state index in [0.717, 1.165) is 83.5 Å². The van der Waals surface area contributed by atoms with Crippen molar-refractivity contribution in [3.05, 3.63) is 0 Å². The highest BCUT2D eigenvalue weighted by atomic mass is 16.2. The summed E-state index contributed by atoms with van der Waals surface area (Å²) in [6.07, 6.45) is 14.1. The molecule has 188 valence electrons. The average molecular weight is 462 g/mol. The zero-order valence-corrected chi connectivity index (χ0v) is 21.3. The van der Waals surface area contributed by atoms with Crippen LogP contribution in [0.3, 0.4) is 0 Å². The molecule has 3 aliphatic carbocycles. The Balaban J connectivity index is 2.48. The van der Waals surface area contributed by atoms with Crippen LogP contribution in [0.25, 0.3) is 0 Å². The summed E-state index contributed by atoms with van der Waals surface area (Å²) in [6, 6.07) is 0. The minimum atomic E-state index is -1.63. The summed E-state index contributed by atoms with van der Waals surface area (Å²) in [6.45, 7) is 6.47. The molecule has 0 aromatic heterocycles. The molecule has 0 spiro atoms. The molecule has 0 heterocycles. The van der Waals surface area contributed by atoms with Gasteiger partial charge < -0.3 is 17.2 Å². The summed E-state index contributed by atoms with van der Waals surface area (Å²) in [5.41, 5.74) is 14.6. The minimum absolute atomic E-state index is 0.0124. The van der Waals surface area contributed by atoms with E-state index in [1.54, 1.807) is 0 Å². The molecular weight excluding hydrogens is 414 g/mol. The first kappa shape index (κ1) is 26.0. The van der Waals surface area contributed by atoms with Gasteiger partial charge in [-0.1, -0.05) is 78.6 Å². The first-order valence-corrected chi connectivity index (χ1v) is 13.3. The van der Waals surface area contributed by atoms with E-state index < -0.39 is 44.8 Å². The second kappa shape index (κ2) is 9.22. The summed E-state index contributed by atoms with van der Waals surface area (Å²) in [7, 11) is 0. The van der Waals surface area contributed by atoms with E-state index in [4.69, 9.17) is 17.2 Å². The van der Waals surface area contributed by atoms with Crippen molar-refractivity contribution in [3.8, 4) is 0 Å². The van der Waals surface area contributed by atoms with E-state index in [1.165, 1.54) is 0 Å². The lowest BCUT2D eigenvalue weighted by atomic mass is 9.31. The van der Waals surface area contributed by atoms with E-state index in [2.05, 4.69) is 20.8 Å². The monoisotopic (exact) mass is 461 g/mol. The fraction of sp³-hybridized carbons (Fsp3) is 0.889. The third-order valence-corrected chi connectivity index (χ3v) is 10.7. The Morgan fingerprint density at radius 2 is 0.879 bits per heavy atom. The van der Waals surface area contributed by atoms with Crippen molar-refractivity contribution in [1.29, 1.82) is 0 Å². The average Bonchev–Trinajstić information content (AvgIpc) is 2.74. The van der Waals surface area contributed by atoms with Crippen molar-refractivity contribution in [2.75, 3.05) is 0 Å². The maximum Gasteiger partial charge on any atom is 0.234 e. The minimum Gasteiger partial charge on any atom is -0.370 e. The topological polar surface area (TPSA) is 129 Å². The molecule has 6 N–H and O–H groups in total. The second-order valence-corrected chi connectivity index (χ2v) is 12.4. The molecule has 6 nitrogen and oxygen atoms in total. The van der Waals surface area contributed by atoms with E-state index in [-0.39, 0.29) is 6.42 Å². The highest BCUT2D eigenvalue weighted by molar-refractivity contribution is 6.06. The highest BCUT2D eigenvalue weighted by Gasteiger charge is 2.77. The van der Waals surface area contributed by atoms with Gasteiger partial charge in [-0.3, -0.25) is 14.4 Å². The zero-order valence-electron chi connectivity index (χ0n) is 21.3. The summed E-state index contributed by atoms with van der Waals surface area (Å²) in [4.78, 5) is 40.9. The van der Waals surface area contributed by atoms with Gasteiger partial charge in [0.05, 0.1) is 0 Å². The molecule has 3 rings (SSSR count). The summed E-state index contributed by atoms with van der Waals surface area (Å²) >= 11 is 0. The Bertz CT molecular complexity index is 719. The van der Waals surface area contributed by atoms with Crippen LogP contribution in [0, 0.1) is 27.1 Å². The lowest BCUT2D eigenvalue weighted by Crippen LogP contribution is -2.75. The van der Waals surface area contributed by atoms with Crippen LogP contribution in [0.1, 0.15) is 124 Å². The smallest absolute Gasteiger partial charge is 0.234 e. The molecule has 0 atom stereocenters. The Kier molecular flexibility index (Phi) is 7.27. The molecular formula is C27H47N3O3. The molecule has 3 saturated carbocycles. The number of rotatable bonds is 8. The summed E-state index contributed by atoms with van der Waals surface area (Å²) < 4.78 is 0. The van der Waals surface area contributed by atoms with E-state index >= 15 is 0 Å². The number of amides is 3. The Hall–Kier alpha value is -1.59. The molecule has 0 aliphatic heterocycles. The van der Waals surface area contributed by atoms with Crippen molar-refractivity contribution < 1.29 is 14.4 Å². The van der Waals surface area contributed by atoms with Gasteiger partial charge in [0.25, 0.3) is 0 Å². The van der Waals surface area contributed by atoms with Gasteiger partial charge in [0, 0.05) is 11.8 Å². The Morgan fingerprint density at radius 1 is 0.576 bits per heavy atom. The molecule has 0 saturated heterocycles. The van der Waals surface area contributed by atoms with Crippen molar-refractivity contribution in [3.63, 3.8) is 0 Å². The van der Waals surface area contributed by atoms with Crippen molar-refractivity contribution >= 4 is 17.7 Å². The summed E-state index contributed by atoms with van der Waals surface area (Å²) in [5, 5.41) is 0. The quantitative estimate of drug-likeness (QED) is 0.452. The normalized spacial score (nSPS) is 25.2. The molecule has 3 fully saturated rings. The van der Waals surface area contributed by atoms with Gasteiger partial charge in [0.15, 0.2) is 0 Å². The van der Waals surface area contributed by atoms with Gasteiger partial charge >= 0.3 is 0 Å². The van der Waals surface area contributed by atoms with Crippen molar-refractivity contribution in [1.82, 2.24) is 0 Å². The highest BCUT2D eigenvalue weighted by Crippen LogP contribution is 2.75. The van der Waals surface area contributed by atoms with E-state index in [9.17, 15) is 14.4 Å². The first-order valence-electron chi connectivity index (χ1n) is 13.3. The molecule has 0 unspecified atom stereocenters. The fourth-order valence-corrected chi connectivity index (χ4v) is 9.33. The summed E-state index contributed by atoms with van der Waals surface area (Å²) in [5.74, 6) is -1.74. The molecule has 0 bridgehead atoms. The molecule has 0 aromatic rings. The predicted octanol–water partition coefficient (Wildman–Crippen LogP) is 4.72. The van der Waals surface area contributed by atoms with Gasteiger partial charge in [-0.2, -0.15) is 0 Å². The lowest BCUT2D eigenvalue weighted by molar-refractivity contribution is -0.232. The Labute approximate surface area is 200 Å². The molecule has 33 heavy (non-hydrogen) atoms. The van der Waals surface area contributed by atoms with Gasteiger partial charge in [-0.25, -0.2) is 0 Å². The van der Waals surface area contributed by atoms with Gasteiger partial charge in [-0.05, 0) is 54.8 Å². The number of primary amides is 3. The van der Waals surface area contributed by atoms with Crippen LogP contribution in [0.4, 0.5) is 0 Å². The van der Waals surface area contributed by atoms with Crippen LogP contribution in [-0.4, -0.2) is 17.7 Å². The number of nitrogens with two attached hydrogens (primary N) is 3. The Morgan fingerprint density at radius 3 is 1.15 bits per heavy atom. The van der Waals surface area contributed by atoms with E-state index in [0.29, 0.717) is 12.8 Å². The standard InChI is InChI=1S/C27H47N3O3/c1-23(13-7-4-8-14-23)26(19-20(28)31,24(2)15-9-5-10-16-24)27(21(29)32,22(30)33)25(3)17-11-6-12-18-25/h4-19H2,1-3H3,(H2,28,31)(H2,29,32)(H2,30,33). The van der Waals surface area contributed by atoms with E-state index in [1.807, 2.05) is 0 Å². The maximum absolute atomic E-state index is 13.9. The molecule has 3 amide bonds. The SMILES string of the molecule is CC1(C(C(N)=O)(C(N)=O)C(CC(N)=O)(C2(C)CCCCC2)C2(C)CCCCC2)CCCCC1. The second-order valence-electron chi connectivity index (χ2n) is 12.4. The number of hydrogen-bond acceptors (Lipinski definition) is 3. The van der Waals surface area contributed by atoms with Gasteiger partial charge in [0.2, 0.25) is 17.7 Å². The van der Waals surface area contributed by atoms with Crippen LogP contribution >= 0.6 is 0 Å². The van der Waals surface area contributed by atoms with Gasteiger partial charge in [0.1, 0.15) is 5.41 Å². The lowest BCUT2D eigenvalue weighted by Gasteiger charge is -2.70. The van der Waals surface area contributed by atoms with Crippen LogP contribution in [0.2, 0.25) is 0 Å². The number of carbonyl (C=O) groups is 3. The van der Waals surface area contributed by atoms with Crippen LogP contribution in [-0.2, 0) is 14.4 Å². The van der Waals surface area contributed by atoms with Crippen LogP contribution in [0.15, 0.2) is 0 Å². The van der Waals surface area contributed by atoms with Crippen LogP contribution in [0.5, 0.6) is 0 Å². The fourth-order valence-electron chi connectivity index (χ4n) is 9.33. The number of hydrogen-bond donors (Lipinski definition) is 3. The maximum atomic E-state index is 13.9. The molecule has 0 radical (unpaired) electrons. The molecule has 3 aliphatic rings. The van der Waals surface area contributed by atoms with Crippen LogP contribution < -0.4 is 17.2 Å². The third-order valence-electron chi connectivity index (χ3n) is 10.7. The first-order chi connectivity index (χ1) is 15.4. The molecule has 0 aromatic carbocycles. The largest absolute Gasteiger partial charge is 0.370 e. The van der Waals surface area contributed by atoms with Gasteiger partial charge in [-0.15, -0.1) is 0 Å².